The Morgan fingerprint density at radius 1 is 1.58 bits per heavy atom. The maximum absolute atomic E-state index is 5.15. The van der Waals surface area contributed by atoms with Gasteiger partial charge in [-0.2, -0.15) is 11.8 Å². The summed E-state index contributed by atoms with van der Waals surface area (Å²) in [5.41, 5.74) is 0. The van der Waals surface area contributed by atoms with Crippen molar-refractivity contribution in [1.29, 1.82) is 0 Å². The lowest BCUT2D eigenvalue weighted by atomic mass is 10.3. The van der Waals surface area contributed by atoms with Crippen LogP contribution in [0.25, 0.3) is 0 Å². The second-order valence-electron chi connectivity index (χ2n) is 3.37. The molecule has 1 N–H and O–H groups in total. The van der Waals surface area contributed by atoms with E-state index in [-0.39, 0.29) is 0 Å². The molecule has 1 rings (SSSR count). The monoisotopic (exact) mass is 183 g/mol. The van der Waals surface area contributed by atoms with Crippen LogP contribution < -0.4 is 5.32 Å². The first kappa shape index (κ1) is 9.95. The number of terminal acetylenes is 1. The first-order valence-electron chi connectivity index (χ1n) is 4.52. The Kier molecular flexibility index (Phi) is 3.97. The van der Waals surface area contributed by atoms with Gasteiger partial charge in [-0.3, -0.25) is 0 Å². The van der Waals surface area contributed by atoms with Gasteiger partial charge in [-0.25, -0.2) is 0 Å². The van der Waals surface area contributed by atoms with Crippen molar-refractivity contribution in [2.75, 3.05) is 19.3 Å². The van der Waals surface area contributed by atoms with E-state index in [0.717, 1.165) is 19.4 Å². The molecule has 0 aromatic heterocycles. The van der Waals surface area contributed by atoms with Crippen LogP contribution in [0, 0.1) is 12.3 Å². The summed E-state index contributed by atoms with van der Waals surface area (Å²) in [6.07, 6.45) is 12.1. The van der Waals surface area contributed by atoms with Crippen LogP contribution in [0.5, 0.6) is 0 Å². The Balaban J connectivity index is 1.93. The minimum atomic E-state index is 0.593. The number of hydrogen-bond donors (Lipinski definition) is 1. The van der Waals surface area contributed by atoms with Crippen LogP contribution in [0.1, 0.15) is 25.7 Å². The molecule has 0 aliphatic heterocycles. The van der Waals surface area contributed by atoms with Gasteiger partial charge in [-0.05, 0) is 32.1 Å². The molecule has 0 radical (unpaired) electrons. The largest absolute Gasteiger partial charge is 0.315 e. The fourth-order valence-corrected chi connectivity index (χ4v) is 1.98. The maximum Gasteiger partial charge on any atom is 0.0282 e. The highest BCUT2D eigenvalue weighted by molar-refractivity contribution is 8.00. The van der Waals surface area contributed by atoms with Crippen molar-refractivity contribution in [3.05, 3.63) is 0 Å². The summed E-state index contributed by atoms with van der Waals surface area (Å²) in [6, 6.07) is 0. The highest BCUT2D eigenvalue weighted by atomic mass is 32.2. The minimum Gasteiger partial charge on any atom is -0.315 e. The zero-order chi connectivity index (χ0) is 8.86. The van der Waals surface area contributed by atoms with Gasteiger partial charge >= 0.3 is 0 Å². The van der Waals surface area contributed by atoms with Crippen molar-refractivity contribution in [2.24, 2.45) is 0 Å². The number of nitrogens with one attached hydrogen (secondary N) is 1. The lowest BCUT2D eigenvalue weighted by Gasteiger charge is -2.12. The number of unbranched alkanes of at least 4 members (excludes halogenated alkanes) is 1. The third-order valence-electron chi connectivity index (χ3n) is 2.36. The molecule has 68 valence electrons. The van der Waals surface area contributed by atoms with E-state index in [4.69, 9.17) is 6.42 Å². The second-order valence-corrected chi connectivity index (χ2v) is 4.65. The average Bonchev–Trinajstić information content (AvgIpc) is 2.85. The van der Waals surface area contributed by atoms with Crippen molar-refractivity contribution in [3.63, 3.8) is 0 Å². The van der Waals surface area contributed by atoms with Gasteiger partial charge in [0.2, 0.25) is 0 Å². The Morgan fingerprint density at radius 2 is 2.33 bits per heavy atom. The highest BCUT2D eigenvalue weighted by Crippen LogP contribution is 2.46. The van der Waals surface area contributed by atoms with Crippen LogP contribution in [0.4, 0.5) is 0 Å². The Labute approximate surface area is 79.7 Å². The third-order valence-corrected chi connectivity index (χ3v) is 3.78. The predicted molar refractivity (Wildman–Crippen MR) is 56.4 cm³/mol. The molecule has 1 saturated carbocycles. The molecular weight excluding hydrogens is 166 g/mol. The normalized spacial score (nSPS) is 18.7. The predicted octanol–water partition coefficient (Wildman–Crippen LogP) is 1.89. The molecule has 0 heterocycles. The van der Waals surface area contributed by atoms with Gasteiger partial charge in [0.15, 0.2) is 0 Å². The molecule has 0 amide bonds. The summed E-state index contributed by atoms with van der Waals surface area (Å²) in [7, 11) is 0. The van der Waals surface area contributed by atoms with E-state index >= 15 is 0 Å². The van der Waals surface area contributed by atoms with E-state index in [0.29, 0.717) is 4.75 Å². The van der Waals surface area contributed by atoms with E-state index < -0.39 is 0 Å². The maximum atomic E-state index is 5.15. The molecule has 0 aromatic rings. The van der Waals surface area contributed by atoms with E-state index in [1.54, 1.807) is 0 Å². The van der Waals surface area contributed by atoms with E-state index in [1.807, 2.05) is 11.8 Å². The molecule has 0 spiro atoms. The smallest absolute Gasteiger partial charge is 0.0282 e. The van der Waals surface area contributed by atoms with Gasteiger partial charge in [0, 0.05) is 17.7 Å². The van der Waals surface area contributed by atoms with E-state index in [2.05, 4.69) is 17.5 Å². The highest BCUT2D eigenvalue weighted by Gasteiger charge is 2.40. The van der Waals surface area contributed by atoms with Crippen LogP contribution in [0.3, 0.4) is 0 Å². The fourth-order valence-electron chi connectivity index (χ4n) is 1.22. The molecule has 12 heavy (non-hydrogen) atoms. The number of rotatable bonds is 6. The van der Waals surface area contributed by atoms with Crippen molar-refractivity contribution in [2.45, 2.75) is 30.4 Å². The van der Waals surface area contributed by atoms with Crippen molar-refractivity contribution < 1.29 is 0 Å². The SMILES string of the molecule is C#CCCCNCC1(SC)CC1. The van der Waals surface area contributed by atoms with Crippen LogP contribution in [-0.4, -0.2) is 24.1 Å². The number of thioether (sulfide) groups is 1. The lowest BCUT2D eigenvalue weighted by molar-refractivity contribution is 0.638. The molecule has 1 fully saturated rings. The molecular formula is C10H17NS. The molecule has 1 nitrogen and oxygen atoms in total. The van der Waals surface area contributed by atoms with Crippen LogP contribution in [-0.2, 0) is 0 Å². The van der Waals surface area contributed by atoms with Gasteiger partial charge in [-0.1, -0.05) is 0 Å². The molecule has 0 atom stereocenters. The zero-order valence-corrected chi connectivity index (χ0v) is 8.54. The van der Waals surface area contributed by atoms with Gasteiger partial charge in [0.25, 0.3) is 0 Å². The molecule has 1 aliphatic carbocycles. The van der Waals surface area contributed by atoms with Gasteiger partial charge in [-0.15, -0.1) is 12.3 Å². The Hall–Kier alpha value is -0.130. The van der Waals surface area contributed by atoms with Crippen LogP contribution in [0.2, 0.25) is 0 Å². The molecule has 0 aromatic carbocycles. The summed E-state index contributed by atoms with van der Waals surface area (Å²) in [5, 5.41) is 3.46. The summed E-state index contributed by atoms with van der Waals surface area (Å²) < 4.78 is 0.593. The Bertz CT molecular complexity index is 167. The number of hydrogen-bond acceptors (Lipinski definition) is 2. The summed E-state index contributed by atoms with van der Waals surface area (Å²) in [4.78, 5) is 0. The second kappa shape index (κ2) is 4.79. The quantitative estimate of drug-likeness (QED) is 0.498. The first-order chi connectivity index (χ1) is 5.83. The molecule has 0 unspecified atom stereocenters. The van der Waals surface area contributed by atoms with Crippen molar-refractivity contribution in [3.8, 4) is 12.3 Å². The van der Waals surface area contributed by atoms with Crippen LogP contribution in [0.15, 0.2) is 0 Å². The van der Waals surface area contributed by atoms with Gasteiger partial charge < -0.3 is 5.32 Å². The topological polar surface area (TPSA) is 12.0 Å². The summed E-state index contributed by atoms with van der Waals surface area (Å²) in [6.45, 7) is 2.24. The molecule has 0 bridgehead atoms. The van der Waals surface area contributed by atoms with Crippen molar-refractivity contribution in [1.82, 2.24) is 5.32 Å². The third kappa shape index (κ3) is 3.08. The lowest BCUT2D eigenvalue weighted by Crippen LogP contribution is -2.26. The molecule has 0 saturated heterocycles. The van der Waals surface area contributed by atoms with Gasteiger partial charge in [0.1, 0.15) is 0 Å². The van der Waals surface area contributed by atoms with Crippen LogP contribution >= 0.6 is 11.8 Å². The standard InChI is InChI=1S/C10H17NS/c1-3-4-5-8-11-9-10(12-2)6-7-10/h1,11H,4-9H2,2H3. The summed E-state index contributed by atoms with van der Waals surface area (Å²) in [5.74, 6) is 2.65. The average molecular weight is 183 g/mol. The summed E-state index contributed by atoms with van der Waals surface area (Å²) >= 11 is 2.00. The van der Waals surface area contributed by atoms with Gasteiger partial charge in [0.05, 0.1) is 0 Å². The molecule has 2 heteroatoms. The first-order valence-corrected chi connectivity index (χ1v) is 5.75. The fraction of sp³-hybridized carbons (Fsp3) is 0.800. The van der Waals surface area contributed by atoms with Crippen molar-refractivity contribution >= 4 is 11.8 Å². The zero-order valence-electron chi connectivity index (χ0n) is 7.73. The van der Waals surface area contributed by atoms with E-state index in [9.17, 15) is 0 Å². The molecule has 1 aliphatic rings. The van der Waals surface area contributed by atoms with E-state index in [1.165, 1.54) is 19.4 Å². The minimum absolute atomic E-state index is 0.593. The Morgan fingerprint density at radius 3 is 2.83 bits per heavy atom.